The van der Waals surface area contributed by atoms with E-state index in [-0.39, 0.29) is 5.91 Å². The number of hydrogen-bond donors (Lipinski definition) is 1. The Morgan fingerprint density at radius 1 is 1.11 bits per heavy atom. The molecule has 1 heterocycles. The molecule has 2 aliphatic carbocycles. The first-order valence-electron chi connectivity index (χ1n) is 9.52. The molecule has 4 nitrogen and oxygen atoms in total. The molecule has 1 aromatic heterocycles. The number of fused-ring (bicyclic) bond motifs is 5. The van der Waals surface area contributed by atoms with Gasteiger partial charge in [0, 0.05) is 23.0 Å². The maximum Gasteiger partial charge on any atom is 0.272 e. The summed E-state index contributed by atoms with van der Waals surface area (Å²) in [5, 5.41) is 8.87. The van der Waals surface area contributed by atoms with Gasteiger partial charge in [-0.15, -0.1) is 0 Å². The van der Waals surface area contributed by atoms with Gasteiger partial charge >= 0.3 is 0 Å². The van der Waals surface area contributed by atoms with Crippen molar-refractivity contribution in [3.8, 4) is 5.69 Å². The average Bonchev–Trinajstić information content (AvgIpc) is 3.40. The molecule has 142 valence electrons. The molecule has 28 heavy (non-hydrogen) atoms. The molecule has 0 radical (unpaired) electrons. The quantitative estimate of drug-likeness (QED) is 0.618. The van der Waals surface area contributed by atoms with Crippen molar-refractivity contribution in [3.63, 3.8) is 0 Å². The van der Waals surface area contributed by atoms with Gasteiger partial charge in [0.25, 0.3) is 5.91 Å². The molecule has 1 N–H and O–H groups in total. The summed E-state index contributed by atoms with van der Waals surface area (Å²) in [5.74, 6) is 0.726. The maximum absolute atomic E-state index is 13.0. The van der Waals surface area contributed by atoms with Crippen LogP contribution in [-0.4, -0.2) is 15.7 Å². The van der Waals surface area contributed by atoms with E-state index < -0.39 is 0 Å². The summed E-state index contributed by atoms with van der Waals surface area (Å²) in [5.41, 5.74) is 4.62. The Hall–Kier alpha value is -2.30. The second kappa shape index (κ2) is 6.94. The summed E-state index contributed by atoms with van der Waals surface area (Å²) in [6.07, 6.45) is 3.35. The lowest BCUT2D eigenvalue weighted by atomic mass is 9.95. The van der Waals surface area contributed by atoms with Crippen molar-refractivity contribution in [1.82, 2.24) is 15.1 Å². The van der Waals surface area contributed by atoms with Crippen molar-refractivity contribution in [2.24, 2.45) is 0 Å². The van der Waals surface area contributed by atoms with Gasteiger partial charge in [-0.05, 0) is 48.9 Å². The molecule has 0 saturated heterocycles. The van der Waals surface area contributed by atoms with E-state index >= 15 is 0 Å². The molecule has 2 aliphatic rings. The fourth-order valence-electron chi connectivity index (χ4n) is 4.60. The first-order valence-corrected chi connectivity index (χ1v) is 10.3. The molecule has 5 rings (SSSR count). The van der Waals surface area contributed by atoms with Crippen LogP contribution in [0.3, 0.4) is 0 Å². The first-order chi connectivity index (χ1) is 13.6. The van der Waals surface area contributed by atoms with Crippen LogP contribution in [0.5, 0.6) is 0 Å². The Labute approximate surface area is 173 Å². The Morgan fingerprint density at radius 2 is 1.89 bits per heavy atom. The maximum atomic E-state index is 13.0. The molecule has 2 bridgehead atoms. The molecule has 2 atom stereocenters. The third kappa shape index (κ3) is 2.92. The highest BCUT2D eigenvalue weighted by Crippen LogP contribution is 2.54. The molecule has 1 saturated carbocycles. The van der Waals surface area contributed by atoms with Crippen LogP contribution in [0.2, 0.25) is 10.0 Å². The molecule has 1 amide bonds. The highest BCUT2D eigenvalue weighted by atomic mass is 35.5. The van der Waals surface area contributed by atoms with Crippen LogP contribution in [0.25, 0.3) is 5.69 Å². The summed E-state index contributed by atoms with van der Waals surface area (Å²) in [6, 6.07) is 15.3. The van der Waals surface area contributed by atoms with Gasteiger partial charge < -0.3 is 5.32 Å². The van der Waals surface area contributed by atoms with E-state index in [0.29, 0.717) is 34.1 Å². The second-order valence-corrected chi connectivity index (χ2v) is 8.37. The molecular formula is C22H19Cl2N3O. The van der Waals surface area contributed by atoms with E-state index in [1.54, 1.807) is 12.1 Å². The van der Waals surface area contributed by atoms with Crippen molar-refractivity contribution in [2.75, 3.05) is 0 Å². The summed E-state index contributed by atoms with van der Waals surface area (Å²) in [6.45, 7) is 0.483. The lowest BCUT2D eigenvalue weighted by molar-refractivity contribution is 0.0944. The van der Waals surface area contributed by atoms with E-state index in [1.807, 2.05) is 41.1 Å². The Balaban J connectivity index is 1.52. The predicted molar refractivity (Wildman–Crippen MR) is 111 cm³/mol. The van der Waals surface area contributed by atoms with Crippen LogP contribution in [0.1, 0.15) is 58.4 Å². The van der Waals surface area contributed by atoms with Crippen molar-refractivity contribution in [3.05, 3.63) is 81.1 Å². The molecule has 2 unspecified atom stereocenters. The third-order valence-electron chi connectivity index (χ3n) is 5.84. The minimum absolute atomic E-state index is 0.128. The van der Waals surface area contributed by atoms with Gasteiger partial charge in [0.05, 0.1) is 16.4 Å². The van der Waals surface area contributed by atoms with Crippen molar-refractivity contribution in [1.29, 1.82) is 0 Å². The van der Waals surface area contributed by atoms with Gasteiger partial charge in [-0.25, -0.2) is 4.68 Å². The van der Waals surface area contributed by atoms with E-state index in [9.17, 15) is 4.79 Å². The predicted octanol–water partition coefficient (Wildman–Crippen LogP) is 5.47. The van der Waals surface area contributed by atoms with E-state index in [2.05, 4.69) is 5.32 Å². The number of halogens is 2. The standard InChI is InChI=1S/C22H19Cl2N3O/c23-16-8-9-18(17(24)11-16)27-21-15-7-6-14(10-15)19(21)20(26-27)22(28)25-12-13-4-2-1-3-5-13/h1-5,8-9,11,14-15H,6-7,10,12H2,(H,25,28). The fourth-order valence-corrected chi connectivity index (χ4v) is 5.09. The number of benzene rings is 2. The summed E-state index contributed by atoms with van der Waals surface area (Å²) in [7, 11) is 0. The third-order valence-corrected chi connectivity index (χ3v) is 6.37. The van der Waals surface area contributed by atoms with Crippen molar-refractivity contribution >= 4 is 29.1 Å². The second-order valence-electron chi connectivity index (χ2n) is 7.53. The van der Waals surface area contributed by atoms with Crippen LogP contribution < -0.4 is 5.32 Å². The molecule has 0 aliphatic heterocycles. The SMILES string of the molecule is O=C(NCc1ccccc1)c1nn(-c2ccc(Cl)cc2Cl)c2c1C1CCC2C1. The van der Waals surface area contributed by atoms with Gasteiger partial charge in [-0.1, -0.05) is 53.5 Å². The molecule has 6 heteroatoms. The zero-order chi connectivity index (χ0) is 19.3. The molecule has 1 fully saturated rings. The van der Waals surface area contributed by atoms with Crippen LogP contribution in [-0.2, 0) is 6.54 Å². The van der Waals surface area contributed by atoms with E-state index in [0.717, 1.165) is 41.8 Å². The van der Waals surface area contributed by atoms with Crippen LogP contribution >= 0.6 is 23.2 Å². The topological polar surface area (TPSA) is 46.9 Å². The minimum atomic E-state index is -0.128. The smallest absolute Gasteiger partial charge is 0.272 e. The number of aromatic nitrogens is 2. The van der Waals surface area contributed by atoms with Crippen LogP contribution in [0.4, 0.5) is 0 Å². The van der Waals surface area contributed by atoms with Gasteiger partial charge in [-0.2, -0.15) is 5.10 Å². The van der Waals surface area contributed by atoms with E-state index in [1.165, 1.54) is 0 Å². The fraction of sp³-hybridized carbons (Fsp3) is 0.273. The zero-order valence-corrected chi connectivity index (χ0v) is 16.7. The van der Waals surface area contributed by atoms with Gasteiger partial charge in [-0.3, -0.25) is 4.79 Å². The number of hydrogen-bond acceptors (Lipinski definition) is 2. The number of nitrogens with one attached hydrogen (secondary N) is 1. The van der Waals surface area contributed by atoms with Gasteiger partial charge in [0.15, 0.2) is 5.69 Å². The Kier molecular flexibility index (Phi) is 4.41. The molecule has 0 spiro atoms. The normalized spacial score (nSPS) is 19.6. The van der Waals surface area contributed by atoms with Crippen LogP contribution in [0, 0.1) is 0 Å². The molecular weight excluding hydrogens is 393 g/mol. The lowest BCUT2D eigenvalue weighted by Gasteiger charge is -2.14. The van der Waals surface area contributed by atoms with Gasteiger partial charge in [0.1, 0.15) is 0 Å². The monoisotopic (exact) mass is 411 g/mol. The summed E-state index contributed by atoms with van der Waals surface area (Å²) in [4.78, 5) is 13.0. The van der Waals surface area contributed by atoms with Gasteiger partial charge in [0.2, 0.25) is 0 Å². The van der Waals surface area contributed by atoms with Crippen molar-refractivity contribution < 1.29 is 4.79 Å². The average molecular weight is 412 g/mol. The largest absolute Gasteiger partial charge is 0.347 e. The first kappa shape index (κ1) is 17.8. The Bertz CT molecular complexity index is 1060. The zero-order valence-electron chi connectivity index (χ0n) is 15.2. The molecule has 2 aromatic carbocycles. The number of nitrogens with zero attached hydrogens (tertiary/aromatic N) is 2. The van der Waals surface area contributed by atoms with Crippen LogP contribution in [0.15, 0.2) is 48.5 Å². The number of carbonyl (C=O) groups excluding carboxylic acids is 1. The number of rotatable bonds is 4. The Morgan fingerprint density at radius 3 is 2.68 bits per heavy atom. The lowest BCUT2D eigenvalue weighted by Crippen LogP contribution is -2.24. The minimum Gasteiger partial charge on any atom is -0.347 e. The molecule has 3 aromatic rings. The number of amides is 1. The van der Waals surface area contributed by atoms with E-state index in [4.69, 9.17) is 28.3 Å². The summed E-state index contributed by atoms with van der Waals surface area (Å²) >= 11 is 12.5. The highest BCUT2D eigenvalue weighted by Gasteiger charge is 2.44. The van der Waals surface area contributed by atoms with Crippen molar-refractivity contribution in [2.45, 2.75) is 37.6 Å². The highest BCUT2D eigenvalue weighted by molar-refractivity contribution is 6.35. The number of carbonyl (C=O) groups is 1. The summed E-state index contributed by atoms with van der Waals surface area (Å²) < 4.78 is 1.87.